The number of nitrogens with zero attached hydrogens (tertiary/aromatic N) is 5. The minimum absolute atomic E-state index is 0.157. The van der Waals surface area contributed by atoms with E-state index in [0.29, 0.717) is 17.8 Å². The van der Waals surface area contributed by atoms with E-state index in [1.165, 1.54) is 6.07 Å². The number of hydrogen-bond acceptors (Lipinski definition) is 3. The number of anilines is 1. The van der Waals surface area contributed by atoms with E-state index in [9.17, 15) is 9.50 Å². The van der Waals surface area contributed by atoms with E-state index in [0.717, 1.165) is 41.8 Å². The van der Waals surface area contributed by atoms with Gasteiger partial charge in [0.2, 0.25) is 0 Å². The van der Waals surface area contributed by atoms with Gasteiger partial charge in [0, 0.05) is 25.1 Å². The second-order valence-corrected chi connectivity index (χ2v) is 8.33. The van der Waals surface area contributed by atoms with Crippen LogP contribution in [0.5, 0.6) is 0 Å². The first kappa shape index (κ1) is 21.1. The molecule has 6 nitrogen and oxygen atoms in total. The Morgan fingerprint density at radius 3 is 2.91 bits per heavy atom. The van der Waals surface area contributed by atoms with Crippen molar-refractivity contribution in [3.63, 3.8) is 0 Å². The van der Waals surface area contributed by atoms with Crippen molar-refractivity contribution in [3.8, 4) is 23.9 Å². The van der Waals surface area contributed by atoms with Gasteiger partial charge in [-0.2, -0.15) is 0 Å². The molecule has 0 radical (unpaired) electrons. The van der Waals surface area contributed by atoms with Crippen molar-refractivity contribution < 1.29 is 9.50 Å². The van der Waals surface area contributed by atoms with Gasteiger partial charge in [-0.25, -0.2) is 14.2 Å². The van der Waals surface area contributed by atoms with Crippen molar-refractivity contribution in [3.05, 3.63) is 53.6 Å². The second kappa shape index (κ2) is 8.27. The third-order valence-corrected chi connectivity index (χ3v) is 6.43. The number of rotatable bonds is 6. The fraction of sp³-hybridized carbons (Fsp3) is 0.308. The number of hydrogen-bond donors (Lipinski definition) is 1. The number of aromatic nitrogens is 3. The lowest BCUT2D eigenvalue weighted by Crippen LogP contribution is -2.36. The molecule has 1 atom stereocenters. The van der Waals surface area contributed by atoms with Crippen LogP contribution >= 0.6 is 0 Å². The van der Waals surface area contributed by atoms with E-state index >= 15 is 0 Å². The van der Waals surface area contributed by atoms with Crippen molar-refractivity contribution in [1.29, 1.82) is 0 Å². The monoisotopic (exact) mass is 441 g/mol. The Hall–Kier alpha value is -3.81. The SMILES string of the molecule is [C-]#[N+]c1cc(F)c2nc(-c3cc4cccc5c4n3C(CC)CN5CCCO)n(CC#C)c2c1. The molecule has 0 bridgehead atoms. The summed E-state index contributed by atoms with van der Waals surface area (Å²) in [6, 6.07) is 11.4. The Labute approximate surface area is 191 Å². The molecule has 0 aliphatic carbocycles. The first-order valence-corrected chi connectivity index (χ1v) is 11.1. The van der Waals surface area contributed by atoms with E-state index in [1.54, 1.807) is 6.07 Å². The van der Waals surface area contributed by atoms with Crippen molar-refractivity contribution in [2.24, 2.45) is 0 Å². The van der Waals surface area contributed by atoms with E-state index < -0.39 is 5.82 Å². The molecule has 33 heavy (non-hydrogen) atoms. The molecule has 1 unspecified atom stereocenters. The van der Waals surface area contributed by atoms with Crippen LogP contribution in [0.4, 0.5) is 15.8 Å². The Morgan fingerprint density at radius 1 is 1.33 bits per heavy atom. The number of halogens is 1. The van der Waals surface area contributed by atoms with Crippen LogP contribution in [-0.2, 0) is 6.54 Å². The molecular formula is C26H24FN5O. The molecule has 1 N–H and O–H groups in total. The fourth-order valence-corrected chi connectivity index (χ4v) is 4.97. The van der Waals surface area contributed by atoms with Crippen LogP contribution in [0.1, 0.15) is 25.8 Å². The maximum Gasteiger partial charge on any atom is 0.192 e. The van der Waals surface area contributed by atoms with Gasteiger partial charge < -0.3 is 19.1 Å². The molecule has 2 aromatic carbocycles. The summed E-state index contributed by atoms with van der Waals surface area (Å²) in [4.78, 5) is 10.4. The summed E-state index contributed by atoms with van der Waals surface area (Å²) in [5.41, 5.74) is 4.10. The van der Waals surface area contributed by atoms with Crippen LogP contribution in [0.25, 0.3) is 38.3 Å². The van der Waals surface area contributed by atoms with E-state index in [4.69, 9.17) is 18.0 Å². The third-order valence-electron chi connectivity index (χ3n) is 6.43. The molecule has 1 aliphatic rings. The Balaban J connectivity index is 1.80. The highest BCUT2D eigenvalue weighted by Gasteiger charge is 2.30. The molecule has 3 heterocycles. The molecule has 7 heteroatoms. The van der Waals surface area contributed by atoms with Crippen LogP contribution in [-0.4, -0.2) is 38.9 Å². The molecular weight excluding hydrogens is 417 g/mol. The first-order valence-electron chi connectivity index (χ1n) is 11.1. The van der Waals surface area contributed by atoms with Crippen molar-refractivity contribution in [1.82, 2.24) is 14.1 Å². The standard InChI is InChI=1S/C26H24FN5O/c1-4-10-31-22-15-18(28-3)14-20(27)24(22)29-26(31)23-13-17-8-6-9-21-25(17)32(23)19(5-2)16-30(21)11-7-12-33/h1,6,8-9,13-15,19,33H,5,7,10-12,16H2,2H3. The van der Waals surface area contributed by atoms with Crippen LogP contribution in [0.15, 0.2) is 36.4 Å². The minimum atomic E-state index is -0.520. The van der Waals surface area contributed by atoms with Gasteiger partial charge in [-0.05, 0) is 37.1 Å². The van der Waals surface area contributed by atoms with Crippen molar-refractivity contribution in [2.75, 3.05) is 24.6 Å². The highest BCUT2D eigenvalue weighted by Crippen LogP contribution is 2.42. The topological polar surface area (TPSA) is 50.6 Å². The number of aliphatic hydroxyl groups excluding tert-OH is 1. The highest BCUT2D eigenvalue weighted by molar-refractivity contribution is 5.97. The van der Waals surface area contributed by atoms with Crippen LogP contribution in [0.3, 0.4) is 0 Å². The molecule has 0 saturated heterocycles. The summed E-state index contributed by atoms with van der Waals surface area (Å²) in [6.07, 6.45) is 7.30. The average molecular weight is 442 g/mol. The number of imidazole rings is 1. The lowest BCUT2D eigenvalue weighted by Gasteiger charge is -2.36. The summed E-state index contributed by atoms with van der Waals surface area (Å²) >= 11 is 0. The molecule has 0 fully saturated rings. The van der Waals surface area contributed by atoms with Crippen molar-refractivity contribution >= 4 is 33.3 Å². The number of benzene rings is 2. The molecule has 166 valence electrons. The van der Waals surface area contributed by atoms with Crippen LogP contribution in [0.2, 0.25) is 0 Å². The van der Waals surface area contributed by atoms with Crippen LogP contribution in [0, 0.1) is 24.7 Å². The van der Waals surface area contributed by atoms with Gasteiger partial charge in [0.1, 0.15) is 11.3 Å². The van der Waals surface area contributed by atoms with E-state index in [1.807, 2.05) is 10.6 Å². The van der Waals surface area contributed by atoms with Crippen LogP contribution < -0.4 is 4.90 Å². The molecule has 0 saturated carbocycles. The normalized spacial score (nSPS) is 15.2. The zero-order valence-electron chi connectivity index (χ0n) is 18.4. The highest BCUT2D eigenvalue weighted by atomic mass is 19.1. The summed E-state index contributed by atoms with van der Waals surface area (Å²) in [6.45, 7) is 11.4. The lowest BCUT2D eigenvalue weighted by atomic mass is 10.1. The number of terminal acetylenes is 1. The Bertz CT molecular complexity index is 1450. The molecule has 2 aromatic heterocycles. The molecule has 0 amide bonds. The summed E-state index contributed by atoms with van der Waals surface area (Å²) in [7, 11) is 0. The summed E-state index contributed by atoms with van der Waals surface area (Å²) in [5.74, 6) is 2.75. The van der Waals surface area contributed by atoms with E-state index in [-0.39, 0.29) is 30.4 Å². The first-order chi connectivity index (χ1) is 16.1. The quantitative estimate of drug-likeness (QED) is 0.333. The predicted octanol–water partition coefficient (Wildman–Crippen LogP) is 5.13. The van der Waals surface area contributed by atoms with Gasteiger partial charge in [-0.3, -0.25) is 0 Å². The maximum absolute atomic E-state index is 14.9. The Morgan fingerprint density at radius 2 is 2.18 bits per heavy atom. The van der Waals surface area contributed by atoms with Gasteiger partial charge >= 0.3 is 0 Å². The molecule has 5 rings (SSSR count). The minimum Gasteiger partial charge on any atom is -0.396 e. The second-order valence-electron chi connectivity index (χ2n) is 8.33. The average Bonchev–Trinajstić information content (AvgIpc) is 3.39. The van der Waals surface area contributed by atoms with Crippen molar-refractivity contribution in [2.45, 2.75) is 32.4 Å². The van der Waals surface area contributed by atoms with Gasteiger partial charge in [0.25, 0.3) is 0 Å². The summed E-state index contributed by atoms with van der Waals surface area (Å²) < 4.78 is 19.0. The largest absolute Gasteiger partial charge is 0.396 e. The lowest BCUT2D eigenvalue weighted by molar-refractivity contribution is 0.288. The zero-order chi connectivity index (χ0) is 23.1. The van der Waals surface area contributed by atoms with Gasteiger partial charge in [0.15, 0.2) is 11.5 Å². The Kier molecular flexibility index (Phi) is 5.28. The fourth-order valence-electron chi connectivity index (χ4n) is 4.97. The van der Waals surface area contributed by atoms with Gasteiger partial charge in [-0.1, -0.05) is 25.0 Å². The zero-order valence-corrected chi connectivity index (χ0v) is 18.4. The van der Waals surface area contributed by atoms with Gasteiger partial charge in [-0.15, -0.1) is 6.42 Å². The maximum atomic E-state index is 14.9. The van der Waals surface area contributed by atoms with E-state index in [2.05, 4.69) is 45.4 Å². The number of aliphatic hydroxyl groups is 1. The number of para-hydroxylation sites is 1. The number of fused-ring (bicyclic) bond motifs is 1. The summed E-state index contributed by atoms with van der Waals surface area (Å²) in [5, 5.41) is 10.4. The smallest absolute Gasteiger partial charge is 0.192 e. The molecule has 4 aromatic rings. The molecule has 1 aliphatic heterocycles. The third kappa shape index (κ3) is 3.25. The van der Waals surface area contributed by atoms with Gasteiger partial charge in [0.05, 0.1) is 41.6 Å². The molecule has 0 spiro atoms. The predicted molar refractivity (Wildman–Crippen MR) is 129 cm³/mol.